The monoisotopic (exact) mass is 656 g/mol. The minimum atomic E-state index is -0.998. The van der Waals surface area contributed by atoms with Crippen molar-refractivity contribution in [1.82, 2.24) is 31.2 Å². The molecule has 3 aromatic rings. The van der Waals surface area contributed by atoms with Gasteiger partial charge >= 0.3 is 0 Å². The van der Waals surface area contributed by atoms with Crippen LogP contribution >= 0.6 is 0 Å². The van der Waals surface area contributed by atoms with E-state index >= 15 is 0 Å². The number of fused-ring (bicyclic) bond motifs is 18. The fraction of sp³-hybridized carbons (Fsp3) is 0.389. The zero-order chi connectivity index (χ0) is 34.6. The summed E-state index contributed by atoms with van der Waals surface area (Å²) in [5, 5.41) is 11.2. The third-order valence-corrected chi connectivity index (χ3v) is 8.06. The SMILES string of the molecule is CC(C)C[C@@H]1NC(=O)[C@@H](Cc2ccccc2)NC(=O)c2ccc(cc2)CN(C(=O)c2ccc(=O)[nH]c2)CCCCNC(=O)[C@@H](C)NC1=O. The van der Waals surface area contributed by atoms with Gasteiger partial charge < -0.3 is 31.2 Å². The molecule has 2 bridgehead atoms. The highest BCUT2D eigenvalue weighted by atomic mass is 16.2. The molecule has 3 atom stereocenters. The van der Waals surface area contributed by atoms with Crippen molar-refractivity contribution >= 4 is 29.5 Å². The lowest BCUT2D eigenvalue weighted by Gasteiger charge is -2.25. The van der Waals surface area contributed by atoms with Gasteiger partial charge in [-0.15, -0.1) is 0 Å². The van der Waals surface area contributed by atoms with Crippen molar-refractivity contribution in [3.05, 3.63) is 106 Å². The van der Waals surface area contributed by atoms with Gasteiger partial charge in [-0.3, -0.25) is 28.8 Å². The first-order valence-electron chi connectivity index (χ1n) is 16.3. The quantitative estimate of drug-likeness (QED) is 0.264. The van der Waals surface area contributed by atoms with Crippen LogP contribution < -0.4 is 26.8 Å². The summed E-state index contributed by atoms with van der Waals surface area (Å²) in [7, 11) is 0. The first kappa shape index (κ1) is 35.6. The fourth-order valence-electron chi connectivity index (χ4n) is 5.41. The van der Waals surface area contributed by atoms with Crippen molar-refractivity contribution in [2.45, 2.75) is 71.1 Å². The summed E-state index contributed by atoms with van der Waals surface area (Å²) in [4.78, 5) is 82.6. The molecule has 2 aliphatic rings. The molecule has 0 saturated heterocycles. The third kappa shape index (κ3) is 10.4. The van der Waals surface area contributed by atoms with Crippen LogP contribution in [-0.2, 0) is 27.3 Å². The summed E-state index contributed by atoms with van der Waals surface area (Å²) in [5.41, 5.74) is 1.93. The van der Waals surface area contributed by atoms with E-state index < -0.39 is 35.8 Å². The van der Waals surface area contributed by atoms with E-state index in [0.29, 0.717) is 43.5 Å². The van der Waals surface area contributed by atoms with Crippen molar-refractivity contribution in [3.8, 4) is 0 Å². The predicted octanol–water partition coefficient (Wildman–Crippen LogP) is 2.30. The van der Waals surface area contributed by atoms with Crippen molar-refractivity contribution in [3.63, 3.8) is 0 Å². The Hall–Kier alpha value is -5.26. The summed E-state index contributed by atoms with van der Waals surface area (Å²) in [6.07, 6.45) is 3.03. The zero-order valence-corrected chi connectivity index (χ0v) is 27.6. The lowest BCUT2D eigenvalue weighted by molar-refractivity contribution is -0.132. The Morgan fingerprint density at radius 3 is 2.19 bits per heavy atom. The molecule has 5 N–H and O–H groups in total. The smallest absolute Gasteiger partial charge is 0.255 e. The Bertz CT molecular complexity index is 1620. The van der Waals surface area contributed by atoms with Crippen LogP contribution in [0.1, 0.15) is 71.9 Å². The van der Waals surface area contributed by atoms with Gasteiger partial charge in [0, 0.05) is 43.9 Å². The molecule has 0 fully saturated rings. The van der Waals surface area contributed by atoms with E-state index in [9.17, 15) is 28.8 Å². The molecule has 254 valence electrons. The predicted molar refractivity (Wildman–Crippen MR) is 181 cm³/mol. The highest BCUT2D eigenvalue weighted by Gasteiger charge is 2.29. The first-order chi connectivity index (χ1) is 23.0. The van der Waals surface area contributed by atoms with Crippen molar-refractivity contribution in [2.75, 3.05) is 13.1 Å². The van der Waals surface area contributed by atoms with Gasteiger partial charge in [-0.2, -0.15) is 0 Å². The Morgan fingerprint density at radius 1 is 0.812 bits per heavy atom. The van der Waals surface area contributed by atoms with Crippen LogP contribution in [-0.4, -0.2) is 70.6 Å². The summed E-state index contributed by atoms with van der Waals surface area (Å²) in [6, 6.07) is 16.0. The number of carbonyl (C=O) groups excluding carboxylic acids is 5. The highest BCUT2D eigenvalue weighted by Crippen LogP contribution is 2.14. The van der Waals surface area contributed by atoms with Crippen molar-refractivity contribution in [2.24, 2.45) is 5.92 Å². The number of aromatic nitrogens is 1. The second kappa shape index (κ2) is 17.1. The molecule has 3 heterocycles. The van der Waals surface area contributed by atoms with Crippen LogP contribution in [0.2, 0.25) is 0 Å². The molecule has 0 unspecified atom stereocenters. The second-order valence-corrected chi connectivity index (χ2v) is 12.5. The van der Waals surface area contributed by atoms with Gasteiger partial charge in [0.1, 0.15) is 18.1 Å². The van der Waals surface area contributed by atoms with Gasteiger partial charge in [0.2, 0.25) is 23.3 Å². The standard InChI is InChI=1S/C36H44N6O6/c1-23(2)19-29-34(46)39-24(3)32(44)37-17-7-8-18-42(36(48)28-15-16-31(43)38-21-28)22-26-11-13-27(14-12-26)33(45)40-30(35(47)41-29)20-25-9-5-4-6-10-25/h4-6,9-16,21,23-24,29-30H,7-8,17-20,22H2,1-3H3,(H,37,44)(H,38,43)(H,39,46)(H,40,45)(H,41,47)/t24-,29+,30-/m1/s1. The third-order valence-electron chi connectivity index (χ3n) is 8.06. The maximum absolute atomic E-state index is 13.7. The summed E-state index contributed by atoms with van der Waals surface area (Å²) < 4.78 is 0. The van der Waals surface area contributed by atoms with Crippen molar-refractivity contribution in [1.29, 1.82) is 0 Å². The Labute approximate surface area is 280 Å². The minimum Gasteiger partial charge on any atom is -0.354 e. The molecule has 0 radical (unpaired) electrons. The molecule has 12 nitrogen and oxygen atoms in total. The summed E-state index contributed by atoms with van der Waals surface area (Å²) in [5.74, 6) is -2.10. The number of hydrogen-bond acceptors (Lipinski definition) is 6. The van der Waals surface area contributed by atoms with Gasteiger partial charge in [0.15, 0.2) is 0 Å². The van der Waals surface area contributed by atoms with E-state index in [1.807, 2.05) is 44.2 Å². The van der Waals surface area contributed by atoms with Gasteiger partial charge in [-0.1, -0.05) is 56.3 Å². The molecule has 2 aliphatic heterocycles. The summed E-state index contributed by atoms with van der Waals surface area (Å²) >= 11 is 0. The molecule has 0 aliphatic carbocycles. The number of amides is 5. The van der Waals surface area contributed by atoms with Crippen LogP contribution in [0.3, 0.4) is 0 Å². The molecule has 0 saturated carbocycles. The Balaban J connectivity index is 1.62. The lowest BCUT2D eigenvalue weighted by Crippen LogP contribution is -2.57. The number of aromatic amines is 1. The molecular weight excluding hydrogens is 612 g/mol. The van der Waals surface area contributed by atoms with E-state index in [0.717, 1.165) is 11.1 Å². The summed E-state index contributed by atoms with van der Waals surface area (Å²) in [6.45, 7) is 6.37. The minimum absolute atomic E-state index is 0.0518. The second-order valence-electron chi connectivity index (χ2n) is 12.5. The lowest BCUT2D eigenvalue weighted by atomic mass is 10.0. The molecule has 12 heteroatoms. The molecule has 0 spiro atoms. The molecule has 2 aromatic carbocycles. The molecule has 5 rings (SSSR count). The van der Waals surface area contributed by atoms with Gasteiger partial charge in [-0.25, -0.2) is 0 Å². The van der Waals surface area contributed by atoms with Crippen molar-refractivity contribution < 1.29 is 24.0 Å². The maximum Gasteiger partial charge on any atom is 0.255 e. The normalized spacial score (nSPS) is 20.2. The zero-order valence-electron chi connectivity index (χ0n) is 27.6. The molecule has 5 amide bonds. The molecule has 48 heavy (non-hydrogen) atoms. The van der Waals surface area contributed by atoms with Gasteiger partial charge in [-0.05, 0) is 61.4 Å². The van der Waals surface area contributed by atoms with Crippen LogP contribution in [0.15, 0.2) is 77.7 Å². The number of carbonyl (C=O) groups is 5. The van der Waals surface area contributed by atoms with E-state index in [2.05, 4.69) is 26.3 Å². The molecule has 1 aromatic heterocycles. The van der Waals surface area contributed by atoms with Crippen LogP contribution in [0, 0.1) is 5.92 Å². The fourth-order valence-corrected chi connectivity index (χ4v) is 5.41. The molecular formula is C36H44N6O6. The number of rotatable bonds is 5. The number of nitrogens with one attached hydrogen (secondary N) is 5. The van der Waals surface area contributed by atoms with Gasteiger partial charge in [0.05, 0.1) is 5.56 Å². The van der Waals surface area contributed by atoms with E-state index in [-0.39, 0.29) is 36.3 Å². The maximum atomic E-state index is 13.7. The number of hydrogen-bond donors (Lipinski definition) is 5. The number of nitrogens with zero attached hydrogens (tertiary/aromatic N) is 1. The first-order valence-corrected chi connectivity index (χ1v) is 16.3. The average molecular weight is 657 g/mol. The largest absolute Gasteiger partial charge is 0.354 e. The van der Waals surface area contributed by atoms with Gasteiger partial charge in [0.25, 0.3) is 11.8 Å². The Morgan fingerprint density at radius 2 is 1.52 bits per heavy atom. The highest BCUT2D eigenvalue weighted by molar-refractivity contribution is 5.99. The van der Waals surface area contributed by atoms with Crippen LogP contribution in [0.5, 0.6) is 0 Å². The van der Waals surface area contributed by atoms with Crippen LogP contribution in [0.25, 0.3) is 0 Å². The number of H-pyrrole nitrogens is 1. The topological polar surface area (TPSA) is 170 Å². The van der Waals surface area contributed by atoms with Crippen LogP contribution in [0.4, 0.5) is 0 Å². The van der Waals surface area contributed by atoms with E-state index in [1.165, 1.54) is 18.3 Å². The van der Waals surface area contributed by atoms with E-state index in [4.69, 9.17) is 0 Å². The number of pyridine rings is 1. The number of benzene rings is 2. The van der Waals surface area contributed by atoms with E-state index in [1.54, 1.807) is 36.1 Å². The Kier molecular flexibility index (Phi) is 12.6. The average Bonchev–Trinajstić information content (AvgIpc) is 3.07.